The Morgan fingerprint density at radius 3 is 1.33 bits per heavy atom. The highest BCUT2D eigenvalue weighted by Crippen LogP contribution is 2.38. The highest BCUT2D eigenvalue weighted by atomic mass is 31.1. The summed E-state index contributed by atoms with van der Waals surface area (Å²) in [6.45, 7) is 6.95. The van der Waals surface area contributed by atoms with Gasteiger partial charge in [-0.05, 0) is 37.7 Å². The Labute approximate surface area is 99.0 Å². The van der Waals surface area contributed by atoms with Crippen LogP contribution < -0.4 is 0 Å². The summed E-state index contributed by atoms with van der Waals surface area (Å²) < 4.78 is 0. The predicted molar refractivity (Wildman–Crippen MR) is 75.5 cm³/mol. The topological polar surface area (TPSA) is 0 Å². The fourth-order valence-corrected chi connectivity index (χ4v) is 4.66. The van der Waals surface area contributed by atoms with Gasteiger partial charge in [0.2, 0.25) is 0 Å². The predicted octanol–water partition coefficient (Wildman–Crippen LogP) is 5.65. The van der Waals surface area contributed by atoms with Crippen molar-refractivity contribution in [1.29, 1.82) is 0 Å². The summed E-state index contributed by atoms with van der Waals surface area (Å²) in [7, 11) is 0.410. The van der Waals surface area contributed by atoms with Gasteiger partial charge in [0.15, 0.2) is 0 Å². The molecule has 0 spiro atoms. The lowest BCUT2D eigenvalue weighted by atomic mass is 10.3. The van der Waals surface area contributed by atoms with Crippen molar-refractivity contribution in [2.24, 2.45) is 0 Å². The van der Waals surface area contributed by atoms with Gasteiger partial charge in [0.1, 0.15) is 0 Å². The maximum absolute atomic E-state index is 2.32. The first-order valence-corrected chi connectivity index (χ1v) is 8.97. The van der Waals surface area contributed by atoms with Crippen LogP contribution >= 0.6 is 7.92 Å². The van der Waals surface area contributed by atoms with Crippen LogP contribution in [0.4, 0.5) is 0 Å². The van der Waals surface area contributed by atoms with Gasteiger partial charge >= 0.3 is 0 Å². The summed E-state index contributed by atoms with van der Waals surface area (Å²) in [4.78, 5) is 0. The Morgan fingerprint density at radius 1 is 0.533 bits per heavy atom. The third kappa shape index (κ3) is 10.7. The Bertz CT molecular complexity index is 102. The van der Waals surface area contributed by atoms with Crippen LogP contribution in [0.5, 0.6) is 0 Å². The summed E-state index contributed by atoms with van der Waals surface area (Å²) >= 11 is 0. The molecule has 0 radical (unpaired) electrons. The zero-order chi connectivity index (χ0) is 11.4. The molecule has 0 unspecified atom stereocenters. The molecule has 0 fully saturated rings. The van der Waals surface area contributed by atoms with E-state index in [0.717, 1.165) is 0 Å². The van der Waals surface area contributed by atoms with E-state index >= 15 is 0 Å². The lowest BCUT2D eigenvalue weighted by Crippen LogP contribution is -1.96. The highest BCUT2D eigenvalue weighted by molar-refractivity contribution is 7.57. The third-order valence-corrected chi connectivity index (χ3v) is 5.83. The maximum atomic E-state index is 2.32. The van der Waals surface area contributed by atoms with Crippen molar-refractivity contribution >= 4 is 7.92 Å². The van der Waals surface area contributed by atoms with E-state index in [2.05, 4.69) is 20.8 Å². The molecule has 0 aromatic heterocycles. The van der Waals surface area contributed by atoms with Crippen LogP contribution in [-0.2, 0) is 0 Å². The minimum atomic E-state index is 0.410. The van der Waals surface area contributed by atoms with Gasteiger partial charge in [-0.1, -0.05) is 52.9 Å². The van der Waals surface area contributed by atoms with E-state index in [0.29, 0.717) is 7.92 Å². The molecule has 15 heavy (non-hydrogen) atoms. The lowest BCUT2D eigenvalue weighted by Gasteiger charge is -2.17. The molecule has 0 saturated heterocycles. The summed E-state index contributed by atoms with van der Waals surface area (Å²) in [5.41, 5.74) is 0. The molecule has 0 aromatic rings. The van der Waals surface area contributed by atoms with Crippen LogP contribution in [0.1, 0.15) is 72.1 Å². The standard InChI is InChI=1S/C14H31P/c1-4-7-10-13-15(12-9-6-3)14-11-8-5-2/h4-14H2,1-3H3. The largest absolute Gasteiger partial charge is 0.107 e. The van der Waals surface area contributed by atoms with Crippen molar-refractivity contribution in [3.63, 3.8) is 0 Å². The SMILES string of the molecule is CCCCCP(CCCC)CCCCC. The second-order valence-corrected chi connectivity index (χ2v) is 7.29. The normalized spacial score (nSPS) is 11.2. The molecule has 1 heteroatoms. The van der Waals surface area contributed by atoms with Crippen molar-refractivity contribution < 1.29 is 0 Å². The number of rotatable bonds is 11. The first-order valence-electron chi connectivity index (χ1n) is 7.07. The Balaban J connectivity index is 3.53. The van der Waals surface area contributed by atoms with Crippen LogP contribution in [0.3, 0.4) is 0 Å². The molecule has 0 aliphatic heterocycles. The molecule has 0 saturated carbocycles. The molecule has 0 amide bonds. The van der Waals surface area contributed by atoms with E-state index in [9.17, 15) is 0 Å². The maximum Gasteiger partial charge on any atom is -0.0326 e. The van der Waals surface area contributed by atoms with Crippen molar-refractivity contribution in [2.45, 2.75) is 72.1 Å². The fraction of sp³-hybridized carbons (Fsp3) is 1.00. The first kappa shape index (κ1) is 15.4. The smallest absolute Gasteiger partial charge is 0.0326 e. The fourth-order valence-electron chi connectivity index (χ4n) is 1.89. The van der Waals surface area contributed by atoms with Crippen LogP contribution in [0.2, 0.25) is 0 Å². The second kappa shape index (κ2) is 12.5. The number of hydrogen-bond acceptors (Lipinski definition) is 0. The molecule has 0 heterocycles. The van der Waals surface area contributed by atoms with Gasteiger partial charge in [0.25, 0.3) is 0 Å². The molecule has 0 rings (SSSR count). The van der Waals surface area contributed by atoms with E-state index in [1.807, 2.05) is 0 Å². The Morgan fingerprint density at radius 2 is 0.933 bits per heavy atom. The van der Waals surface area contributed by atoms with Crippen molar-refractivity contribution in [1.82, 2.24) is 0 Å². The molecule has 0 bridgehead atoms. The van der Waals surface area contributed by atoms with Crippen molar-refractivity contribution in [3.05, 3.63) is 0 Å². The number of unbranched alkanes of at least 4 members (excludes halogenated alkanes) is 5. The third-order valence-electron chi connectivity index (χ3n) is 2.98. The zero-order valence-corrected chi connectivity index (χ0v) is 12.1. The highest BCUT2D eigenvalue weighted by Gasteiger charge is 2.06. The average Bonchev–Trinajstić information content (AvgIpc) is 2.25. The monoisotopic (exact) mass is 230 g/mol. The van der Waals surface area contributed by atoms with E-state index < -0.39 is 0 Å². The molecule has 0 nitrogen and oxygen atoms in total. The summed E-state index contributed by atoms with van der Waals surface area (Å²) in [5.74, 6) is 0. The Hall–Kier alpha value is 0.430. The van der Waals surface area contributed by atoms with Gasteiger partial charge in [-0.2, -0.15) is 0 Å². The van der Waals surface area contributed by atoms with E-state index in [1.54, 1.807) is 18.5 Å². The minimum Gasteiger partial charge on any atom is -0.107 e. The van der Waals surface area contributed by atoms with Gasteiger partial charge in [0, 0.05) is 0 Å². The molecule has 0 atom stereocenters. The molecule has 92 valence electrons. The average molecular weight is 230 g/mol. The van der Waals surface area contributed by atoms with Crippen molar-refractivity contribution in [3.8, 4) is 0 Å². The summed E-state index contributed by atoms with van der Waals surface area (Å²) in [5, 5.41) is 0. The second-order valence-electron chi connectivity index (χ2n) is 4.61. The van der Waals surface area contributed by atoms with Gasteiger partial charge in [-0.15, -0.1) is 7.92 Å². The number of hydrogen-bond donors (Lipinski definition) is 0. The summed E-state index contributed by atoms with van der Waals surface area (Å²) in [6.07, 6.45) is 16.2. The van der Waals surface area contributed by atoms with Crippen LogP contribution in [-0.4, -0.2) is 18.5 Å². The van der Waals surface area contributed by atoms with Gasteiger partial charge < -0.3 is 0 Å². The van der Waals surface area contributed by atoms with Crippen LogP contribution in [0, 0.1) is 0 Å². The van der Waals surface area contributed by atoms with Crippen molar-refractivity contribution in [2.75, 3.05) is 18.5 Å². The first-order chi connectivity index (χ1) is 7.35. The molecule has 0 aliphatic rings. The molecule has 0 aromatic carbocycles. The van der Waals surface area contributed by atoms with E-state index in [1.165, 1.54) is 51.4 Å². The zero-order valence-electron chi connectivity index (χ0n) is 11.2. The van der Waals surface area contributed by atoms with Gasteiger partial charge in [-0.25, -0.2) is 0 Å². The van der Waals surface area contributed by atoms with E-state index in [4.69, 9.17) is 0 Å². The van der Waals surface area contributed by atoms with Crippen LogP contribution in [0.15, 0.2) is 0 Å². The quantitative estimate of drug-likeness (QED) is 0.318. The molecular formula is C14H31P. The Kier molecular flexibility index (Phi) is 12.9. The van der Waals surface area contributed by atoms with E-state index in [-0.39, 0.29) is 0 Å². The molecule has 0 N–H and O–H groups in total. The van der Waals surface area contributed by atoms with Gasteiger partial charge in [-0.3, -0.25) is 0 Å². The van der Waals surface area contributed by atoms with Crippen LogP contribution in [0.25, 0.3) is 0 Å². The van der Waals surface area contributed by atoms with Gasteiger partial charge in [0.05, 0.1) is 0 Å². The lowest BCUT2D eigenvalue weighted by molar-refractivity contribution is 0.758. The summed E-state index contributed by atoms with van der Waals surface area (Å²) in [6, 6.07) is 0. The minimum absolute atomic E-state index is 0.410. The molecular weight excluding hydrogens is 199 g/mol. The molecule has 0 aliphatic carbocycles.